The maximum absolute atomic E-state index is 5.79. The highest BCUT2D eigenvalue weighted by Gasteiger charge is 2.02. The number of aromatic nitrogens is 2. The first kappa shape index (κ1) is 9.93. The molecule has 15 heavy (non-hydrogen) atoms. The Morgan fingerprint density at radius 3 is 2.33 bits per heavy atom. The van der Waals surface area contributed by atoms with E-state index in [4.69, 9.17) is 5.73 Å². The quantitative estimate of drug-likeness (QED) is 0.808. The zero-order valence-corrected chi connectivity index (χ0v) is 9.01. The van der Waals surface area contributed by atoms with Crippen molar-refractivity contribution in [1.82, 2.24) is 9.78 Å². The van der Waals surface area contributed by atoms with Crippen LogP contribution in [0.25, 0.3) is 11.1 Å². The van der Waals surface area contributed by atoms with Crippen molar-refractivity contribution in [3.63, 3.8) is 0 Å². The molecule has 0 saturated carbocycles. The number of hydrogen-bond donors (Lipinski definition) is 1. The summed E-state index contributed by atoms with van der Waals surface area (Å²) in [6.07, 6.45) is 3.86. The monoisotopic (exact) mass is 201 g/mol. The normalized spacial score (nSPS) is 12.7. The molecule has 0 aliphatic carbocycles. The minimum absolute atomic E-state index is 0.0907. The lowest BCUT2D eigenvalue weighted by molar-refractivity contribution is 0.768. The highest BCUT2D eigenvalue weighted by molar-refractivity contribution is 5.61. The Bertz CT molecular complexity index is 440. The summed E-state index contributed by atoms with van der Waals surface area (Å²) in [7, 11) is 1.92. The number of rotatable bonds is 2. The smallest absolute Gasteiger partial charge is 0.0568 e. The summed E-state index contributed by atoms with van der Waals surface area (Å²) in [4.78, 5) is 0. The van der Waals surface area contributed by atoms with Crippen molar-refractivity contribution in [3.05, 3.63) is 42.2 Å². The molecule has 0 fully saturated rings. The minimum Gasteiger partial charge on any atom is -0.324 e. The molecule has 3 heteroatoms. The number of nitrogens with zero attached hydrogens (tertiary/aromatic N) is 2. The van der Waals surface area contributed by atoms with Crippen LogP contribution in [0.4, 0.5) is 0 Å². The van der Waals surface area contributed by atoms with Crippen molar-refractivity contribution in [2.45, 2.75) is 13.0 Å². The summed E-state index contributed by atoms with van der Waals surface area (Å²) in [5.41, 5.74) is 9.25. The van der Waals surface area contributed by atoms with Gasteiger partial charge in [-0.3, -0.25) is 4.68 Å². The van der Waals surface area contributed by atoms with Crippen LogP contribution in [-0.2, 0) is 7.05 Å². The summed E-state index contributed by atoms with van der Waals surface area (Å²) in [6.45, 7) is 1.99. The molecular formula is C12H15N3. The Morgan fingerprint density at radius 2 is 1.87 bits per heavy atom. The topological polar surface area (TPSA) is 43.8 Å². The van der Waals surface area contributed by atoms with Gasteiger partial charge < -0.3 is 5.73 Å². The third-order valence-corrected chi connectivity index (χ3v) is 2.47. The van der Waals surface area contributed by atoms with Crippen molar-refractivity contribution in [2.24, 2.45) is 12.8 Å². The molecule has 0 radical (unpaired) electrons. The fraction of sp³-hybridized carbons (Fsp3) is 0.250. The number of benzene rings is 1. The predicted octanol–water partition coefficient (Wildman–Crippen LogP) is 2.11. The molecule has 2 N–H and O–H groups in total. The van der Waals surface area contributed by atoms with Crippen LogP contribution in [0, 0.1) is 0 Å². The second-order valence-electron chi connectivity index (χ2n) is 3.81. The van der Waals surface area contributed by atoms with E-state index in [0.29, 0.717) is 0 Å². The predicted molar refractivity (Wildman–Crippen MR) is 61.2 cm³/mol. The highest BCUT2D eigenvalue weighted by atomic mass is 15.2. The Balaban J connectivity index is 2.31. The maximum Gasteiger partial charge on any atom is 0.0568 e. The first-order valence-corrected chi connectivity index (χ1v) is 5.01. The van der Waals surface area contributed by atoms with Crippen molar-refractivity contribution in [1.29, 1.82) is 0 Å². The Labute approximate surface area is 89.5 Å². The van der Waals surface area contributed by atoms with Crippen LogP contribution < -0.4 is 5.73 Å². The highest BCUT2D eigenvalue weighted by Crippen LogP contribution is 2.20. The fourth-order valence-corrected chi connectivity index (χ4v) is 1.55. The molecule has 78 valence electrons. The molecule has 0 aliphatic heterocycles. The van der Waals surface area contributed by atoms with Crippen molar-refractivity contribution in [3.8, 4) is 11.1 Å². The first-order chi connectivity index (χ1) is 7.16. The summed E-state index contributed by atoms with van der Waals surface area (Å²) in [5, 5.41) is 4.14. The van der Waals surface area contributed by atoms with E-state index in [1.165, 1.54) is 5.56 Å². The van der Waals surface area contributed by atoms with Crippen molar-refractivity contribution >= 4 is 0 Å². The van der Waals surface area contributed by atoms with E-state index in [1.807, 2.05) is 26.4 Å². The Morgan fingerprint density at radius 1 is 1.20 bits per heavy atom. The van der Waals surface area contributed by atoms with Gasteiger partial charge >= 0.3 is 0 Å². The molecule has 3 nitrogen and oxygen atoms in total. The van der Waals surface area contributed by atoms with Gasteiger partial charge in [0.1, 0.15) is 0 Å². The van der Waals surface area contributed by atoms with Crippen LogP contribution in [-0.4, -0.2) is 9.78 Å². The van der Waals surface area contributed by atoms with Gasteiger partial charge in [-0.2, -0.15) is 5.10 Å². The zero-order chi connectivity index (χ0) is 10.8. The van der Waals surface area contributed by atoms with E-state index in [2.05, 4.69) is 29.4 Å². The fourth-order valence-electron chi connectivity index (χ4n) is 1.55. The molecule has 2 rings (SSSR count). The van der Waals surface area contributed by atoms with Crippen LogP contribution >= 0.6 is 0 Å². The van der Waals surface area contributed by atoms with Crippen LogP contribution in [0.15, 0.2) is 36.7 Å². The van der Waals surface area contributed by atoms with E-state index < -0.39 is 0 Å². The van der Waals surface area contributed by atoms with Crippen LogP contribution in [0.1, 0.15) is 18.5 Å². The van der Waals surface area contributed by atoms with Gasteiger partial charge in [0.15, 0.2) is 0 Å². The van der Waals surface area contributed by atoms with E-state index in [0.717, 1.165) is 11.1 Å². The molecule has 1 aromatic heterocycles. The molecule has 0 bridgehead atoms. The van der Waals surface area contributed by atoms with E-state index in [1.54, 1.807) is 4.68 Å². The lowest BCUT2D eigenvalue weighted by atomic mass is 10.0. The van der Waals surface area contributed by atoms with Gasteiger partial charge in [0.25, 0.3) is 0 Å². The summed E-state index contributed by atoms with van der Waals surface area (Å²) >= 11 is 0. The lowest BCUT2D eigenvalue weighted by Gasteiger charge is -2.05. The second kappa shape index (κ2) is 3.87. The Kier molecular flexibility index (Phi) is 2.56. The molecule has 1 aromatic carbocycles. The average Bonchev–Trinajstić information content (AvgIpc) is 2.65. The summed E-state index contributed by atoms with van der Waals surface area (Å²) in [5.74, 6) is 0. The average molecular weight is 201 g/mol. The molecule has 0 saturated heterocycles. The van der Waals surface area contributed by atoms with Gasteiger partial charge in [0.05, 0.1) is 6.20 Å². The van der Waals surface area contributed by atoms with Crippen molar-refractivity contribution in [2.75, 3.05) is 0 Å². The van der Waals surface area contributed by atoms with Gasteiger partial charge in [-0.25, -0.2) is 0 Å². The van der Waals surface area contributed by atoms with E-state index in [-0.39, 0.29) is 6.04 Å². The van der Waals surface area contributed by atoms with Gasteiger partial charge in [-0.15, -0.1) is 0 Å². The zero-order valence-electron chi connectivity index (χ0n) is 9.01. The lowest BCUT2D eigenvalue weighted by Crippen LogP contribution is -2.04. The third kappa shape index (κ3) is 2.07. The maximum atomic E-state index is 5.79. The minimum atomic E-state index is 0.0907. The molecule has 1 heterocycles. The molecule has 0 spiro atoms. The SMILES string of the molecule is C[C@@H](N)c1ccc(-c2cnn(C)c2)cc1. The van der Waals surface area contributed by atoms with Crippen LogP contribution in [0.3, 0.4) is 0 Å². The van der Waals surface area contributed by atoms with Gasteiger partial charge in [-0.1, -0.05) is 24.3 Å². The molecule has 2 aromatic rings. The number of hydrogen-bond acceptors (Lipinski definition) is 2. The molecule has 1 atom stereocenters. The van der Waals surface area contributed by atoms with E-state index >= 15 is 0 Å². The molecule has 0 aliphatic rings. The number of nitrogens with two attached hydrogens (primary N) is 1. The van der Waals surface area contributed by atoms with Crippen molar-refractivity contribution < 1.29 is 0 Å². The largest absolute Gasteiger partial charge is 0.324 e. The van der Waals surface area contributed by atoms with Crippen LogP contribution in [0.5, 0.6) is 0 Å². The third-order valence-electron chi connectivity index (χ3n) is 2.47. The van der Waals surface area contributed by atoms with Crippen LogP contribution in [0.2, 0.25) is 0 Å². The molecule has 0 unspecified atom stereocenters. The van der Waals surface area contributed by atoms with Gasteiger partial charge in [0.2, 0.25) is 0 Å². The first-order valence-electron chi connectivity index (χ1n) is 5.01. The van der Waals surface area contributed by atoms with Gasteiger partial charge in [-0.05, 0) is 18.1 Å². The van der Waals surface area contributed by atoms with E-state index in [9.17, 15) is 0 Å². The summed E-state index contributed by atoms with van der Waals surface area (Å²) < 4.78 is 1.80. The van der Waals surface area contributed by atoms with Gasteiger partial charge in [0, 0.05) is 24.8 Å². The standard InChI is InChI=1S/C12H15N3/c1-9(13)10-3-5-11(6-4-10)12-7-14-15(2)8-12/h3-9H,13H2,1-2H3/t9-/m1/s1. The Hall–Kier alpha value is -1.61. The second-order valence-corrected chi connectivity index (χ2v) is 3.81. The number of aryl methyl sites for hydroxylation is 1. The molecule has 0 amide bonds. The molecular weight excluding hydrogens is 186 g/mol. The summed E-state index contributed by atoms with van der Waals surface area (Å²) in [6, 6.07) is 8.37.